The molecule has 1 heteroatoms. The number of aryl methyl sites for hydroxylation is 2. The number of rotatable bonds is 2. The van der Waals surface area contributed by atoms with Crippen molar-refractivity contribution in [1.29, 1.82) is 0 Å². The molecule has 75 valence electrons. The number of benzene rings is 2. The summed E-state index contributed by atoms with van der Waals surface area (Å²) in [5.74, 6) is 0. The van der Waals surface area contributed by atoms with Crippen LogP contribution >= 0.6 is 11.8 Å². The Morgan fingerprint density at radius 2 is 2.00 bits per heavy atom. The number of hydrogen-bond donors (Lipinski definition) is 0. The second kappa shape index (κ2) is 4.54. The maximum atomic E-state index is 3.09. The molecule has 0 spiro atoms. The van der Waals surface area contributed by atoms with Gasteiger partial charge in [-0.2, -0.15) is 0 Å². The summed E-state index contributed by atoms with van der Waals surface area (Å²) in [6.45, 7) is 4.28. The molecule has 0 unspecified atom stereocenters. The van der Waals surface area contributed by atoms with E-state index in [0.29, 0.717) is 0 Å². The first-order chi connectivity index (χ1) is 7.25. The average Bonchev–Trinajstić information content (AvgIpc) is 2.24. The fourth-order valence-electron chi connectivity index (χ4n) is 1.48. The van der Waals surface area contributed by atoms with Gasteiger partial charge in [-0.3, -0.25) is 0 Å². The second-order valence-electron chi connectivity index (χ2n) is 3.61. The van der Waals surface area contributed by atoms with Gasteiger partial charge in [0.15, 0.2) is 0 Å². The van der Waals surface area contributed by atoms with Crippen LogP contribution in [0.1, 0.15) is 11.1 Å². The van der Waals surface area contributed by atoms with E-state index in [2.05, 4.69) is 44.2 Å². The molecule has 0 amide bonds. The molecule has 0 heterocycles. The lowest BCUT2D eigenvalue weighted by molar-refractivity contribution is 1.26. The highest BCUT2D eigenvalue weighted by Crippen LogP contribution is 2.30. The Hall–Kier alpha value is -1.21. The van der Waals surface area contributed by atoms with Gasteiger partial charge in [0, 0.05) is 9.79 Å². The van der Waals surface area contributed by atoms with E-state index in [1.54, 1.807) is 11.8 Å². The molecule has 2 aromatic carbocycles. The highest BCUT2D eigenvalue weighted by molar-refractivity contribution is 7.99. The van der Waals surface area contributed by atoms with Crippen LogP contribution in [0.2, 0.25) is 0 Å². The molecule has 0 atom stereocenters. The van der Waals surface area contributed by atoms with Crippen LogP contribution in [-0.2, 0) is 0 Å². The van der Waals surface area contributed by atoms with Gasteiger partial charge < -0.3 is 0 Å². The normalized spacial score (nSPS) is 10.3. The standard InChI is InChI=1S/C14H13S/c1-11-8-9-14(12(2)10-11)15-13-6-4-3-5-7-13/h3-4,6-10H,1-2H3. The molecule has 0 aliphatic carbocycles. The summed E-state index contributed by atoms with van der Waals surface area (Å²) in [5, 5.41) is 0. The molecule has 0 bridgehead atoms. The van der Waals surface area contributed by atoms with Crippen molar-refractivity contribution in [2.75, 3.05) is 0 Å². The van der Waals surface area contributed by atoms with Crippen LogP contribution in [0.4, 0.5) is 0 Å². The first-order valence-corrected chi connectivity index (χ1v) is 5.78. The van der Waals surface area contributed by atoms with Crippen molar-refractivity contribution in [3.8, 4) is 0 Å². The van der Waals surface area contributed by atoms with E-state index < -0.39 is 0 Å². The minimum Gasteiger partial charge on any atom is -0.0898 e. The van der Waals surface area contributed by atoms with Crippen LogP contribution in [0.15, 0.2) is 52.3 Å². The Balaban J connectivity index is 2.25. The van der Waals surface area contributed by atoms with Crippen LogP contribution in [0, 0.1) is 19.9 Å². The van der Waals surface area contributed by atoms with Crippen LogP contribution in [0.25, 0.3) is 0 Å². The van der Waals surface area contributed by atoms with Crippen LogP contribution in [-0.4, -0.2) is 0 Å². The Labute approximate surface area is 95.3 Å². The Bertz CT molecular complexity index is 446. The van der Waals surface area contributed by atoms with Crippen molar-refractivity contribution in [2.24, 2.45) is 0 Å². The van der Waals surface area contributed by atoms with Crippen molar-refractivity contribution in [1.82, 2.24) is 0 Å². The third-order valence-corrected chi connectivity index (χ3v) is 3.40. The second-order valence-corrected chi connectivity index (χ2v) is 4.73. The summed E-state index contributed by atoms with van der Waals surface area (Å²) in [4.78, 5) is 2.56. The van der Waals surface area contributed by atoms with Crippen LogP contribution < -0.4 is 0 Å². The fraction of sp³-hybridized carbons (Fsp3) is 0.143. The van der Waals surface area contributed by atoms with E-state index in [1.165, 1.54) is 20.9 Å². The third-order valence-electron chi connectivity index (χ3n) is 2.24. The maximum Gasteiger partial charge on any atom is 0.0151 e. The van der Waals surface area contributed by atoms with Gasteiger partial charge in [-0.25, -0.2) is 0 Å². The van der Waals surface area contributed by atoms with Gasteiger partial charge in [-0.15, -0.1) is 0 Å². The Kier molecular flexibility index (Phi) is 3.12. The molecular formula is C14H13S. The molecular weight excluding hydrogens is 200 g/mol. The molecule has 0 N–H and O–H groups in total. The lowest BCUT2D eigenvalue weighted by atomic mass is 10.2. The van der Waals surface area contributed by atoms with E-state index in [1.807, 2.05) is 18.2 Å². The first kappa shape index (κ1) is 10.3. The summed E-state index contributed by atoms with van der Waals surface area (Å²) in [6, 6.07) is 17.7. The topological polar surface area (TPSA) is 0 Å². The van der Waals surface area contributed by atoms with Crippen molar-refractivity contribution < 1.29 is 0 Å². The summed E-state index contributed by atoms with van der Waals surface area (Å²) in [5.41, 5.74) is 2.65. The summed E-state index contributed by atoms with van der Waals surface area (Å²) in [7, 11) is 0. The smallest absolute Gasteiger partial charge is 0.0151 e. The highest BCUT2D eigenvalue weighted by Gasteiger charge is 2.00. The first-order valence-electron chi connectivity index (χ1n) is 4.97. The SMILES string of the molecule is Cc1ccc(Sc2c[c]ccc2)c(C)c1. The van der Waals surface area contributed by atoms with Gasteiger partial charge in [0.2, 0.25) is 0 Å². The predicted octanol–water partition coefficient (Wildman–Crippen LogP) is 4.25. The van der Waals surface area contributed by atoms with E-state index in [4.69, 9.17) is 0 Å². The van der Waals surface area contributed by atoms with E-state index in [0.717, 1.165) is 0 Å². The molecule has 0 saturated carbocycles. The largest absolute Gasteiger partial charge is 0.0898 e. The minimum atomic E-state index is 1.24. The zero-order valence-electron chi connectivity index (χ0n) is 8.95. The predicted molar refractivity (Wildman–Crippen MR) is 65.3 cm³/mol. The van der Waals surface area contributed by atoms with Crippen molar-refractivity contribution in [2.45, 2.75) is 23.6 Å². The summed E-state index contributed by atoms with van der Waals surface area (Å²) in [6.07, 6.45) is 0. The van der Waals surface area contributed by atoms with E-state index in [-0.39, 0.29) is 0 Å². The number of hydrogen-bond acceptors (Lipinski definition) is 1. The highest BCUT2D eigenvalue weighted by atomic mass is 32.2. The molecule has 0 aromatic heterocycles. The Morgan fingerprint density at radius 1 is 1.13 bits per heavy atom. The lowest BCUT2D eigenvalue weighted by Crippen LogP contribution is -1.81. The molecule has 15 heavy (non-hydrogen) atoms. The van der Waals surface area contributed by atoms with Gasteiger partial charge in [0.1, 0.15) is 0 Å². The quantitative estimate of drug-likeness (QED) is 0.718. The molecule has 0 aliphatic heterocycles. The summed E-state index contributed by atoms with van der Waals surface area (Å²) < 4.78 is 0. The molecule has 2 aromatic rings. The van der Waals surface area contributed by atoms with Crippen molar-refractivity contribution in [3.05, 3.63) is 59.7 Å². The van der Waals surface area contributed by atoms with Gasteiger partial charge in [-0.05, 0) is 43.7 Å². The van der Waals surface area contributed by atoms with E-state index >= 15 is 0 Å². The maximum absolute atomic E-state index is 3.09. The van der Waals surface area contributed by atoms with Gasteiger partial charge in [0.25, 0.3) is 0 Å². The molecule has 1 radical (unpaired) electrons. The van der Waals surface area contributed by atoms with Crippen LogP contribution in [0.3, 0.4) is 0 Å². The lowest BCUT2D eigenvalue weighted by Gasteiger charge is -2.05. The fourth-order valence-corrected chi connectivity index (χ4v) is 2.36. The third kappa shape index (κ3) is 2.63. The van der Waals surface area contributed by atoms with Gasteiger partial charge >= 0.3 is 0 Å². The van der Waals surface area contributed by atoms with Crippen LogP contribution in [0.5, 0.6) is 0 Å². The molecule has 0 nitrogen and oxygen atoms in total. The molecule has 0 saturated heterocycles. The Morgan fingerprint density at radius 3 is 2.67 bits per heavy atom. The minimum absolute atomic E-state index is 1.24. The van der Waals surface area contributed by atoms with Gasteiger partial charge in [0.05, 0.1) is 0 Å². The molecule has 0 aliphatic rings. The monoisotopic (exact) mass is 213 g/mol. The van der Waals surface area contributed by atoms with Gasteiger partial charge in [-0.1, -0.05) is 41.6 Å². The zero-order valence-corrected chi connectivity index (χ0v) is 9.77. The van der Waals surface area contributed by atoms with Crippen molar-refractivity contribution >= 4 is 11.8 Å². The molecule has 2 rings (SSSR count). The zero-order chi connectivity index (χ0) is 10.7. The van der Waals surface area contributed by atoms with E-state index in [9.17, 15) is 0 Å². The summed E-state index contributed by atoms with van der Waals surface area (Å²) >= 11 is 1.79. The average molecular weight is 213 g/mol. The van der Waals surface area contributed by atoms with Crippen molar-refractivity contribution in [3.63, 3.8) is 0 Å². The molecule has 0 fully saturated rings.